The lowest BCUT2D eigenvalue weighted by Gasteiger charge is -2.39. The van der Waals surface area contributed by atoms with Crippen molar-refractivity contribution in [2.75, 3.05) is 25.9 Å². The number of carbonyl (C=O) groups excluding carboxylic acids is 6. The van der Waals surface area contributed by atoms with Crippen molar-refractivity contribution in [2.45, 2.75) is 104 Å². The number of likely N-dealkylation sites (tertiary alicyclic amines) is 1. The van der Waals surface area contributed by atoms with Gasteiger partial charge in [-0.3, -0.25) is 32.5 Å². The first-order chi connectivity index (χ1) is 24.0. The topological polar surface area (TPSA) is 174 Å². The number of benzene rings is 1. The van der Waals surface area contributed by atoms with E-state index in [4.69, 9.17) is 0 Å². The van der Waals surface area contributed by atoms with E-state index in [2.05, 4.69) is 27.8 Å². The number of hydrogen-bond acceptors (Lipinski definition) is 7. The molecule has 2 fully saturated rings. The molecule has 0 radical (unpaired) electrons. The normalized spacial score (nSPS) is 23.7. The highest BCUT2D eigenvalue weighted by Crippen LogP contribution is 2.65. The predicted octanol–water partition coefficient (Wildman–Crippen LogP) is 2.83. The minimum absolute atomic E-state index is 0.0115. The van der Waals surface area contributed by atoms with Gasteiger partial charge in [0.1, 0.15) is 12.1 Å². The average molecular weight is 743 g/mol. The first-order valence-corrected chi connectivity index (χ1v) is 20.2. The van der Waals surface area contributed by atoms with Crippen molar-refractivity contribution in [1.29, 1.82) is 0 Å². The molecule has 52 heavy (non-hydrogen) atoms. The number of ketones is 1. The van der Waals surface area contributed by atoms with Gasteiger partial charge < -0.3 is 26.2 Å². The van der Waals surface area contributed by atoms with Crippen molar-refractivity contribution >= 4 is 45.6 Å². The van der Waals surface area contributed by atoms with Crippen molar-refractivity contribution in [3.05, 3.63) is 42.5 Å². The Morgan fingerprint density at radius 3 is 2.21 bits per heavy atom. The molecule has 1 saturated heterocycles. The average Bonchev–Trinajstić information content (AvgIpc) is 3.31. The Balaban J connectivity index is 1.54. The zero-order valence-corrected chi connectivity index (χ0v) is 33.2. The van der Waals surface area contributed by atoms with Crippen LogP contribution in [0, 0.1) is 28.1 Å². The van der Waals surface area contributed by atoms with Gasteiger partial charge in [-0.1, -0.05) is 86.9 Å². The Bertz CT molecular complexity index is 1680. The van der Waals surface area contributed by atoms with Crippen LogP contribution in [0.2, 0.25) is 0 Å². The molecule has 1 saturated carbocycles. The first kappa shape index (κ1) is 40.7. The van der Waals surface area contributed by atoms with E-state index in [-0.39, 0.29) is 42.7 Å². The number of hydrogen-bond donors (Lipinski definition) is 5. The molecule has 14 heteroatoms. The Hall–Kier alpha value is -4.07. The maximum absolute atomic E-state index is 14.5. The molecule has 4 N–H and O–H groups in total. The Kier molecular flexibility index (Phi) is 11.5. The Morgan fingerprint density at radius 2 is 1.65 bits per heavy atom. The Morgan fingerprint density at radius 1 is 1.02 bits per heavy atom. The second-order valence-electron chi connectivity index (χ2n) is 17.2. The van der Waals surface area contributed by atoms with E-state index in [1.165, 1.54) is 15.3 Å². The van der Waals surface area contributed by atoms with E-state index in [0.717, 1.165) is 0 Å². The van der Waals surface area contributed by atoms with Crippen LogP contribution in [-0.4, -0.2) is 98.9 Å². The van der Waals surface area contributed by atoms with Gasteiger partial charge in [0.15, 0.2) is 0 Å². The van der Waals surface area contributed by atoms with Gasteiger partial charge in [0.25, 0.3) is 11.8 Å². The molecule has 3 aliphatic rings. The van der Waals surface area contributed by atoms with Crippen molar-refractivity contribution in [3.63, 3.8) is 0 Å². The molecule has 2 aliphatic heterocycles. The second kappa shape index (κ2) is 14.7. The molecule has 6 amide bonds. The van der Waals surface area contributed by atoms with Crippen LogP contribution in [0.1, 0.15) is 85.5 Å². The number of rotatable bonds is 13. The Labute approximate surface area is 309 Å². The van der Waals surface area contributed by atoms with E-state index in [9.17, 15) is 33.0 Å². The summed E-state index contributed by atoms with van der Waals surface area (Å²) in [5.41, 5.74) is -1.20. The van der Waals surface area contributed by atoms with Crippen molar-refractivity contribution < 1.29 is 33.0 Å². The van der Waals surface area contributed by atoms with Gasteiger partial charge in [0.2, 0.25) is 17.6 Å². The van der Waals surface area contributed by atoms with E-state index < -0.39 is 74.7 Å². The third kappa shape index (κ3) is 7.96. The highest BCUT2D eigenvalue weighted by molar-refractivity contribution is 8.01. The number of thiol groups is 1. The molecule has 1 aromatic rings. The van der Waals surface area contributed by atoms with E-state index in [1.54, 1.807) is 30.5 Å². The molecule has 13 nitrogen and oxygen atoms in total. The third-order valence-corrected chi connectivity index (χ3v) is 13.5. The van der Waals surface area contributed by atoms with Crippen LogP contribution in [0.3, 0.4) is 0 Å². The molecule has 1 aliphatic carbocycles. The summed E-state index contributed by atoms with van der Waals surface area (Å²) in [6.07, 6.45) is 3.78. The molecule has 2 heterocycles. The van der Waals surface area contributed by atoms with Gasteiger partial charge in [-0.15, -0.1) is 6.58 Å². The number of nitrogens with one attached hydrogen (secondary N) is 4. The second-order valence-corrected chi connectivity index (χ2v) is 19.9. The molecule has 288 valence electrons. The fraction of sp³-hybridized carbons (Fsp3) is 0.632. The van der Waals surface area contributed by atoms with Crippen LogP contribution < -0.4 is 21.3 Å². The zero-order chi connectivity index (χ0) is 39.1. The quantitative estimate of drug-likeness (QED) is 0.117. The molecule has 1 aromatic carbocycles. The number of nitrogens with zero attached hydrogens (tertiary/aromatic N) is 2. The van der Waals surface area contributed by atoms with E-state index >= 15 is 0 Å². The zero-order valence-electron chi connectivity index (χ0n) is 32.3. The molecule has 4 rings (SSSR count). The smallest absolute Gasteiger partial charge is 0.315 e. The van der Waals surface area contributed by atoms with Crippen LogP contribution in [0.5, 0.6) is 0 Å². The lowest BCUT2D eigenvalue weighted by atomic mass is 9.85. The van der Waals surface area contributed by atoms with Crippen molar-refractivity contribution in [1.82, 2.24) is 30.5 Å². The van der Waals surface area contributed by atoms with Crippen molar-refractivity contribution in [2.24, 2.45) is 28.1 Å². The maximum Gasteiger partial charge on any atom is 0.315 e. The van der Waals surface area contributed by atoms with Gasteiger partial charge in [-0.25, -0.2) is 4.79 Å². The minimum Gasteiger partial charge on any atom is -0.346 e. The highest BCUT2D eigenvalue weighted by atomic mass is 32.3. The van der Waals surface area contributed by atoms with Gasteiger partial charge in [0.05, 0.1) is 24.2 Å². The molecule has 0 aromatic heterocycles. The van der Waals surface area contributed by atoms with Crippen molar-refractivity contribution in [3.8, 4) is 0 Å². The minimum atomic E-state index is -3.25. The summed E-state index contributed by atoms with van der Waals surface area (Å²) in [6.45, 7) is 21.0. The van der Waals surface area contributed by atoms with Crippen LogP contribution in [0.15, 0.2) is 41.8 Å². The molecular formula is C38H58N6O7S. The number of amides is 6. The van der Waals surface area contributed by atoms with Gasteiger partial charge in [0, 0.05) is 24.2 Å². The molecule has 6 atom stereocenters. The largest absolute Gasteiger partial charge is 0.346 e. The fourth-order valence-electron chi connectivity index (χ4n) is 7.59. The van der Waals surface area contributed by atoms with E-state index in [0.29, 0.717) is 23.4 Å². The number of urea groups is 1. The summed E-state index contributed by atoms with van der Waals surface area (Å²) in [5, 5.41) is 11.1. The van der Waals surface area contributed by atoms with Crippen LogP contribution >= 0.6 is 0 Å². The molecule has 0 bridgehead atoms. The standard InChI is InChI=1S/C38H58N6O7S/c1-12-16-24(29(45)32(47)39-19-13-2)40-31(46)28-27-23(38(27,9)10)20-43(28)34(49)30(37(6,7)8)42-35(50)41-26(36(3,4)5)21-44-33(48)22-17-14-15-18-25(22)52(44,11)51/h13-15,17-18,23-24,26-28,30,52H,2,12,16,19-21H2,1,3-11H3,(H,39,47)(H,40,46)(H2,41,42,50)/t23-,24?,26+,27-,28-,30+/m0/s1. The maximum atomic E-state index is 14.5. The van der Waals surface area contributed by atoms with Crippen LogP contribution in [0.25, 0.3) is 0 Å². The van der Waals surface area contributed by atoms with Crippen LogP contribution in [-0.2, 0) is 29.3 Å². The summed E-state index contributed by atoms with van der Waals surface area (Å²) in [4.78, 5) is 83.2. The molecule has 1 unspecified atom stereocenters. The summed E-state index contributed by atoms with van der Waals surface area (Å²) in [5.74, 6) is -3.04. The highest BCUT2D eigenvalue weighted by Gasteiger charge is 2.70. The monoisotopic (exact) mass is 742 g/mol. The van der Waals surface area contributed by atoms with Crippen LogP contribution in [0.4, 0.5) is 4.79 Å². The summed E-state index contributed by atoms with van der Waals surface area (Å²) >= 11 is 0. The molecular weight excluding hydrogens is 685 g/mol. The fourth-order valence-corrected chi connectivity index (χ4v) is 9.76. The predicted molar refractivity (Wildman–Crippen MR) is 201 cm³/mol. The van der Waals surface area contributed by atoms with Gasteiger partial charge >= 0.3 is 6.03 Å². The third-order valence-electron chi connectivity index (χ3n) is 11.0. The lowest BCUT2D eigenvalue weighted by molar-refractivity contribution is -0.145. The number of Topliss-reactive ketones (excluding diaryl/α,β-unsaturated/α-hetero) is 1. The number of fused-ring (bicyclic) bond motifs is 2. The number of piperidine rings is 1. The molecule has 0 spiro atoms. The van der Waals surface area contributed by atoms with Gasteiger partial charge in [-0.05, 0) is 56.8 Å². The SMILES string of the molecule is C=CCNC(=O)C(=O)C(CCC)NC(=O)[C@@H]1[C@@H]2[C@H](CN1C(=O)[C@@H](NC(=O)N[C@H](CN1C(=O)c3ccccc3[SH]1(C)=O)C(C)(C)C)C(C)(C)C)C2(C)C. The summed E-state index contributed by atoms with van der Waals surface area (Å²) < 4.78 is 15.2. The van der Waals surface area contributed by atoms with Gasteiger partial charge in [-0.2, -0.15) is 0 Å². The van der Waals surface area contributed by atoms with E-state index in [1.807, 2.05) is 62.3 Å². The number of carbonyl (C=O) groups is 6. The summed E-state index contributed by atoms with van der Waals surface area (Å²) in [6, 6.07) is 2.49. The lowest BCUT2D eigenvalue weighted by Crippen LogP contribution is -2.63. The first-order valence-electron chi connectivity index (χ1n) is 18.1. The summed E-state index contributed by atoms with van der Waals surface area (Å²) in [7, 11) is -3.25.